The largest absolute Gasteiger partial charge is 0.504 e. The summed E-state index contributed by atoms with van der Waals surface area (Å²) in [6.07, 6.45) is 2.70. The second-order valence-electron chi connectivity index (χ2n) is 4.99. The molecule has 8 nitrogen and oxygen atoms in total. The van der Waals surface area contributed by atoms with Crippen molar-refractivity contribution < 1.29 is 18.3 Å². The van der Waals surface area contributed by atoms with Crippen LogP contribution in [0.15, 0.2) is 18.3 Å². The molecule has 22 heavy (non-hydrogen) atoms. The molecule has 0 spiro atoms. The summed E-state index contributed by atoms with van der Waals surface area (Å²) in [5, 5.41) is 10.4. The number of anilines is 1. The molecule has 0 bridgehead atoms. The number of primary amides is 1. The lowest BCUT2D eigenvalue weighted by Gasteiger charge is -2.28. The van der Waals surface area contributed by atoms with Crippen molar-refractivity contribution in [1.29, 1.82) is 0 Å². The van der Waals surface area contributed by atoms with Crippen molar-refractivity contribution in [2.45, 2.75) is 12.8 Å². The number of aromatic hydroxyl groups is 1. The number of sulfonamides is 1. The zero-order valence-corrected chi connectivity index (χ0v) is 12.4. The van der Waals surface area contributed by atoms with E-state index in [9.17, 15) is 18.3 Å². The molecule has 0 aliphatic carbocycles. The van der Waals surface area contributed by atoms with Gasteiger partial charge in [-0.1, -0.05) is 0 Å². The van der Waals surface area contributed by atoms with Crippen LogP contribution in [0.25, 0.3) is 10.9 Å². The van der Waals surface area contributed by atoms with Gasteiger partial charge in [-0.25, -0.2) is 13.4 Å². The highest BCUT2D eigenvalue weighted by molar-refractivity contribution is 7.92. The Bertz CT molecular complexity index is 866. The molecule has 1 saturated heterocycles. The van der Waals surface area contributed by atoms with Gasteiger partial charge in [0, 0.05) is 18.1 Å². The smallest absolute Gasteiger partial charge is 0.271 e. The monoisotopic (exact) mass is 322 g/mol. The average molecular weight is 322 g/mol. The number of amides is 1. The van der Waals surface area contributed by atoms with E-state index in [0.717, 1.165) is 4.31 Å². The number of pyridine rings is 2. The molecular formula is C13H14N4O4S. The van der Waals surface area contributed by atoms with Crippen LogP contribution in [-0.4, -0.2) is 41.7 Å². The fourth-order valence-electron chi connectivity index (χ4n) is 2.49. The molecule has 3 N–H and O–H groups in total. The van der Waals surface area contributed by atoms with Gasteiger partial charge in [0.15, 0.2) is 17.3 Å². The van der Waals surface area contributed by atoms with E-state index in [2.05, 4.69) is 9.97 Å². The molecule has 9 heteroatoms. The molecule has 1 fully saturated rings. The van der Waals surface area contributed by atoms with Crippen LogP contribution in [0.4, 0.5) is 5.82 Å². The standard InChI is InChI=1S/C13H14N4O4S/c14-12(19)10-11(18)9-8(4-3-5-15-9)13(16-10)17-6-1-2-7-22(17,20)21/h3-5,18H,1-2,6-7H2,(H2,14,19). The Morgan fingerprint density at radius 3 is 2.82 bits per heavy atom. The van der Waals surface area contributed by atoms with Crippen LogP contribution in [-0.2, 0) is 10.0 Å². The molecule has 0 radical (unpaired) electrons. The third kappa shape index (κ3) is 2.23. The van der Waals surface area contributed by atoms with Gasteiger partial charge in [0.2, 0.25) is 10.0 Å². The predicted molar refractivity (Wildman–Crippen MR) is 80.1 cm³/mol. The van der Waals surface area contributed by atoms with Crippen molar-refractivity contribution in [2.75, 3.05) is 16.6 Å². The number of rotatable bonds is 2. The Kier molecular flexibility index (Phi) is 3.36. The van der Waals surface area contributed by atoms with Gasteiger partial charge >= 0.3 is 0 Å². The van der Waals surface area contributed by atoms with E-state index in [1.807, 2.05) is 0 Å². The molecule has 0 atom stereocenters. The highest BCUT2D eigenvalue weighted by atomic mass is 32.2. The summed E-state index contributed by atoms with van der Waals surface area (Å²) < 4.78 is 25.7. The normalized spacial score (nSPS) is 17.5. The second kappa shape index (κ2) is 5.09. The van der Waals surface area contributed by atoms with Crippen LogP contribution in [0, 0.1) is 0 Å². The second-order valence-corrected chi connectivity index (χ2v) is 7.00. The number of hydrogen-bond acceptors (Lipinski definition) is 6. The number of aromatic nitrogens is 2. The molecule has 0 aromatic carbocycles. The zero-order valence-electron chi connectivity index (χ0n) is 11.6. The van der Waals surface area contributed by atoms with Crippen molar-refractivity contribution in [3.8, 4) is 5.75 Å². The number of hydrogen-bond donors (Lipinski definition) is 2. The molecule has 2 aromatic rings. The van der Waals surface area contributed by atoms with Crippen LogP contribution in [0.5, 0.6) is 5.75 Å². The SMILES string of the molecule is NC(=O)c1nc(N2CCCCS2(=O)=O)c2cccnc2c1O. The van der Waals surface area contributed by atoms with E-state index in [1.165, 1.54) is 6.20 Å². The van der Waals surface area contributed by atoms with E-state index in [-0.39, 0.29) is 29.3 Å². The van der Waals surface area contributed by atoms with Crippen LogP contribution in [0.3, 0.4) is 0 Å². The summed E-state index contributed by atoms with van der Waals surface area (Å²) >= 11 is 0. The highest BCUT2D eigenvalue weighted by Gasteiger charge is 2.30. The van der Waals surface area contributed by atoms with Gasteiger partial charge in [-0.2, -0.15) is 0 Å². The molecule has 0 saturated carbocycles. The van der Waals surface area contributed by atoms with Crippen molar-refractivity contribution in [3.05, 3.63) is 24.0 Å². The Hall–Kier alpha value is -2.42. The van der Waals surface area contributed by atoms with Crippen molar-refractivity contribution in [1.82, 2.24) is 9.97 Å². The number of carbonyl (C=O) groups excluding carboxylic acids is 1. The Morgan fingerprint density at radius 2 is 2.14 bits per heavy atom. The molecule has 0 unspecified atom stereocenters. The fourth-order valence-corrected chi connectivity index (χ4v) is 4.09. The lowest BCUT2D eigenvalue weighted by atomic mass is 10.2. The van der Waals surface area contributed by atoms with Gasteiger partial charge < -0.3 is 10.8 Å². The first kappa shape index (κ1) is 14.5. The van der Waals surface area contributed by atoms with Gasteiger partial charge in [0.25, 0.3) is 5.91 Å². The third-order valence-corrected chi connectivity index (χ3v) is 5.37. The predicted octanol–water partition coefficient (Wildman–Crippen LogP) is 0.364. The molecule has 1 aliphatic rings. The first-order valence-corrected chi connectivity index (χ1v) is 8.30. The first-order valence-electron chi connectivity index (χ1n) is 6.70. The topological polar surface area (TPSA) is 126 Å². The minimum Gasteiger partial charge on any atom is -0.504 e. The molecule has 3 rings (SSSR count). The lowest BCUT2D eigenvalue weighted by Crippen LogP contribution is -2.38. The first-order chi connectivity index (χ1) is 10.4. The van der Waals surface area contributed by atoms with Gasteiger partial charge in [0.1, 0.15) is 5.52 Å². The van der Waals surface area contributed by atoms with E-state index >= 15 is 0 Å². The molecule has 1 amide bonds. The number of fused-ring (bicyclic) bond motifs is 1. The summed E-state index contributed by atoms with van der Waals surface area (Å²) in [6.45, 7) is 0.266. The minimum atomic E-state index is -3.51. The third-order valence-electron chi connectivity index (χ3n) is 3.53. The van der Waals surface area contributed by atoms with E-state index in [0.29, 0.717) is 18.2 Å². The van der Waals surface area contributed by atoms with E-state index in [1.54, 1.807) is 12.1 Å². The summed E-state index contributed by atoms with van der Waals surface area (Å²) in [4.78, 5) is 19.5. The molecule has 3 heterocycles. The van der Waals surface area contributed by atoms with E-state index < -0.39 is 21.7 Å². The Balaban J connectivity index is 2.33. The van der Waals surface area contributed by atoms with Gasteiger partial charge in [-0.3, -0.25) is 14.1 Å². The molecule has 2 aromatic heterocycles. The number of nitrogens with two attached hydrogens (primary N) is 1. The minimum absolute atomic E-state index is 0.0171. The van der Waals surface area contributed by atoms with Gasteiger partial charge in [0.05, 0.1) is 5.75 Å². The Morgan fingerprint density at radius 1 is 1.36 bits per heavy atom. The van der Waals surface area contributed by atoms with Crippen LogP contribution >= 0.6 is 0 Å². The summed E-state index contributed by atoms with van der Waals surface area (Å²) in [6, 6.07) is 3.20. The fraction of sp³-hybridized carbons (Fsp3) is 0.308. The maximum Gasteiger partial charge on any atom is 0.271 e. The van der Waals surface area contributed by atoms with Crippen LogP contribution in [0.1, 0.15) is 23.3 Å². The van der Waals surface area contributed by atoms with E-state index in [4.69, 9.17) is 5.73 Å². The van der Waals surface area contributed by atoms with Crippen molar-refractivity contribution in [3.63, 3.8) is 0 Å². The average Bonchev–Trinajstić information content (AvgIpc) is 2.48. The number of carbonyl (C=O) groups is 1. The molecular weight excluding hydrogens is 308 g/mol. The zero-order chi connectivity index (χ0) is 15.9. The van der Waals surface area contributed by atoms with Gasteiger partial charge in [-0.15, -0.1) is 0 Å². The van der Waals surface area contributed by atoms with Crippen molar-refractivity contribution in [2.24, 2.45) is 5.73 Å². The van der Waals surface area contributed by atoms with Crippen LogP contribution in [0.2, 0.25) is 0 Å². The number of nitrogens with zero attached hydrogens (tertiary/aromatic N) is 3. The maximum atomic E-state index is 12.3. The lowest BCUT2D eigenvalue weighted by molar-refractivity contribution is 0.0993. The summed E-state index contributed by atoms with van der Waals surface area (Å²) in [5.74, 6) is -1.29. The van der Waals surface area contributed by atoms with Crippen LogP contribution < -0.4 is 10.0 Å². The molecule has 1 aliphatic heterocycles. The summed E-state index contributed by atoms with van der Waals surface area (Å²) in [5.41, 5.74) is 4.93. The quantitative estimate of drug-likeness (QED) is 0.822. The summed E-state index contributed by atoms with van der Waals surface area (Å²) in [7, 11) is -3.51. The molecule has 116 valence electrons. The maximum absolute atomic E-state index is 12.3. The highest BCUT2D eigenvalue weighted by Crippen LogP contribution is 2.34. The van der Waals surface area contributed by atoms with Gasteiger partial charge in [-0.05, 0) is 25.0 Å². The Labute approximate surface area is 126 Å². The van der Waals surface area contributed by atoms with Crippen molar-refractivity contribution >= 4 is 32.7 Å².